The predicted molar refractivity (Wildman–Crippen MR) is 22.7 cm³/mol. The molecule has 1 nitrogen and oxygen atoms in total. The Kier molecular flexibility index (Phi) is 2.76. The maximum Gasteiger partial charge on any atom is 0.445 e. The van der Waals surface area contributed by atoms with Gasteiger partial charge in [0.2, 0.25) is 0 Å². The van der Waals surface area contributed by atoms with Crippen molar-refractivity contribution in [2.45, 2.75) is 25.6 Å². The highest BCUT2D eigenvalue weighted by atomic mass is 19.4. The number of rotatable bonds is 2. The van der Waals surface area contributed by atoms with Gasteiger partial charge in [0.05, 0.1) is 0 Å². The molecular weight excluding hydrogens is 178 g/mol. The third-order valence-corrected chi connectivity index (χ3v) is 0.568. The summed E-state index contributed by atoms with van der Waals surface area (Å²) in [5.74, 6) is 0. The number of ether oxygens (including phenoxy) is 1. The molecule has 0 aromatic carbocycles. The van der Waals surface area contributed by atoms with Gasteiger partial charge in [-0.3, -0.25) is 4.74 Å². The summed E-state index contributed by atoms with van der Waals surface area (Å²) in [5, 5.41) is 0. The normalized spacial score (nSPS) is 16.6. The van der Waals surface area contributed by atoms with Crippen LogP contribution in [0.1, 0.15) is 6.92 Å². The molecule has 0 amide bonds. The van der Waals surface area contributed by atoms with Crippen LogP contribution in [0.25, 0.3) is 0 Å². The van der Waals surface area contributed by atoms with Crippen molar-refractivity contribution in [3.63, 3.8) is 0 Å². The molecule has 0 saturated heterocycles. The molecule has 11 heavy (non-hydrogen) atoms. The molecule has 0 N–H and O–H groups in total. The minimum atomic E-state index is -5.40. The molecule has 0 bridgehead atoms. The average molecular weight is 182 g/mol. The summed E-state index contributed by atoms with van der Waals surface area (Å²) in [6, 6.07) is 0. The zero-order chi connectivity index (χ0) is 9.28. The summed E-state index contributed by atoms with van der Waals surface area (Å²) >= 11 is 0. The van der Waals surface area contributed by atoms with Gasteiger partial charge in [-0.1, -0.05) is 0 Å². The molecule has 0 saturated carbocycles. The minimum absolute atomic E-state index is 0.0192. The van der Waals surface area contributed by atoms with Crippen LogP contribution in [-0.2, 0) is 4.74 Å². The topological polar surface area (TPSA) is 9.23 Å². The summed E-state index contributed by atoms with van der Waals surface area (Å²) in [4.78, 5) is 0. The van der Waals surface area contributed by atoms with Crippen molar-refractivity contribution < 1.29 is 31.1 Å². The van der Waals surface area contributed by atoms with Gasteiger partial charge in [0.25, 0.3) is 6.36 Å². The van der Waals surface area contributed by atoms with Crippen LogP contribution in [0.15, 0.2) is 0 Å². The van der Waals surface area contributed by atoms with Gasteiger partial charge in [-0.15, -0.1) is 0 Å². The van der Waals surface area contributed by atoms with Gasteiger partial charge in [0.1, 0.15) is 0 Å². The second kappa shape index (κ2) is 2.88. The van der Waals surface area contributed by atoms with Crippen molar-refractivity contribution in [1.29, 1.82) is 0 Å². The van der Waals surface area contributed by atoms with Crippen LogP contribution in [0.2, 0.25) is 0 Å². The molecule has 0 spiro atoms. The smallest absolute Gasteiger partial charge is 0.277 e. The second-order valence-electron chi connectivity index (χ2n) is 1.78. The van der Waals surface area contributed by atoms with E-state index in [4.69, 9.17) is 0 Å². The van der Waals surface area contributed by atoms with Gasteiger partial charge in [-0.05, 0) is 0 Å². The van der Waals surface area contributed by atoms with E-state index in [1.807, 2.05) is 0 Å². The molecular formula is C4H4F6O. The molecule has 0 radical (unpaired) electrons. The zero-order valence-corrected chi connectivity index (χ0v) is 5.25. The predicted octanol–water partition coefficient (Wildman–Crippen LogP) is 2.47. The maximum absolute atomic E-state index is 11.6. The fourth-order valence-electron chi connectivity index (χ4n) is 0.248. The Hall–Kier alpha value is -0.460. The van der Waals surface area contributed by atoms with E-state index < -0.39 is 18.6 Å². The van der Waals surface area contributed by atoms with Gasteiger partial charge in [-0.25, -0.2) is 4.39 Å². The Balaban J connectivity index is 3.99. The Morgan fingerprint density at radius 2 is 1.45 bits per heavy atom. The van der Waals surface area contributed by atoms with Gasteiger partial charge in [-0.2, -0.15) is 22.0 Å². The highest BCUT2D eigenvalue weighted by Crippen LogP contribution is 2.28. The summed E-state index contributed by atoms with van der Waals surface area (Å²) in [6.45, 7) is 0.0192. The van der Waals surface area contributed by atoms with Gasteiger partial charge in [0, 0.05) is 6.92 Å². The lowest BCUT2D eigenvalue weighted by atomic mass is 10.6. The van der Waals surface area contributed by atoms with Crippen molar-refractivity contribution in [3.05, 3.63) is 0 Å². The van der Waals surface area contributed by atoms with Crippen LogP contribution in [0, 0.1) is 0 Å². The molecule has 0 rings (SSSR count). The van der Waals surface area contributed by atoms with Gasteiger partial charge < -0.3 is 0 Å². The first-order valence-electron chi connectivity index (χ1n) is 2.39. The van der Waals surface area contributed by atoms with E-state index in [0.717, 1.165) is 0 Å². The molecule has 0 heterocycles. The summed E-state index contributed by atoms with van der Waals surface area (Å²) < 4.78 is 70.8. The Morgan fingerprint density at radius 3 is 1.55 bits per heavy atom. The summed E-state index contributed by atoms with van der Waals surface area (Å²) in [6.07, 6.45) is -13.5. The number of halogens is 6. The largest absolute Gasteiger partial charge is 0.445 e. The van der Waals surface area contributed by atoms with E-state index in [-0.39, 0.29) is 6.92 Å². The first-order chi connectivity index (χ1) is 4.63. The monoisotopic (exact) mass is 182 g/mol. The molecule has 0 aliphatic heterocycles. The van der Waals surface area contributed by atoms with E-state index in [9.17, 15) is 26.3 Å². The Morgan fingerprint density at radius 1 is 1.09 bits per heavy atom. The SMILES string of the molecule is CC(F)(F)OC(F)C(F)(F)F. The van der Waals surface area contributed by atoms with E-state index in [0.29, 0.717) is 0 Å². The third kappa shape index (κ3) is 4.88. The van der Waals surface area contributed by atoms with Crippen molar-refractivity contribution in [2.24, 2.45) is 0 Å². The van der Waals surface area contributed by atoms with Gasteiger partial charge >= 0.3 is 12.3 Å². The van der Waals surface area contributed by atoms with Crippen molar-refractivity contribution in [1.82, 2.24) is 0 Å². The lowest BCUT2D eigenvalue weighted by Crippen LogP contribution is -2.33. The average Bonchev–Trinajstić information content (AvgIpc) is 1.56. The second-order valence-corrected chi connectivity index (χ2v) is 1.78. The molecule has 0 aromatic rings. The fraction of sp³-hybridized carbons (Fsp3) is 1.00. The lowest BCUT2D eigenvalue weighted by molar-refractivity contribution is -0.350. The molecule has 7 heteroatoms. The molecule has 0 aromatic heterocycles. The van der Waals surface area contributed by atoms with Crippen LogP contribution in [0.4, 0.5) is 26.3 Å². The Labute approximate surface area is 57.9 Å². The first-order valence-corrected chi connectivity index (χ1v) is 2.39. The molecule has 0 fully saturated rings. The third-order valence-electron chi connectivity index (χ3n) is 0.568. The fourth-order valence-corrected chi connectivity index (χ4v) is 0.248. The highest BCUT2D eigenvalue weighted by molar-refractivity contribution is 4.55. The van der Waals surface area contributed by atoms with E-state index >= 15 is 0 Å². The molecule has 1 atom stereocenters. The first kappa shape index (κ1) is 10.5. The van der Waals surface area contributed by atoms with Crippen LogP contribution in [0.3, 0.4) is 0 Å². The molecule has 1 unspecified atom stereocenters. The number of hydrogen-bond donors (Lipinski definition) is 0. The van der Waals surface area contributed by atoms with Gasteiger partial charge in [0.15, 0.2) is 0 Å². The van der Waals surface area contributed by atoms with Crippen molar-refractivity contribution >= 4 is 0 Å². The van der Waals surface area contributed by atoms with Crippen LogP contribution < -0.4 is 0 Å². The van der Waals surface area contributed by atoms with Crippen LogP contribution in [0.5, 0.6) is 0 Å². The van der Waals surface area contributed by atoms with E-state index in [1.54, 1.807) is 0 Å². The van der Waals surface area contributed by atoms with Crippen molar-refractivity contribution in [2.75, 3.05) is 0 Å². The summed E-state index contributed by atoms with van der Waals surface area (Å²) in [7, 11) is 0. The van der Waals surface area contributed by atoms with Crippen LogP contribution in [-0.4, -0.2) is 18.6 Å². The molecule has 0 aliphatic carbocycles. The molecule has 68 valence electrons. The standard InChI is InChI=1S/C4H4F6O/c1-3(6,7)11-2(5)4(8,9)10/h2H,1H3. The lowest BCUT2D eigenvalue weighted by Gasteiger charge is -2.17. The van der Waals surface area contributed by atoms with E-state index in [2.05, 4.69) is 4.74 Å². The zero-order valence-electron chi connectivity index (χ0n) is 5.25. The number of hydrogen-bond acceptors (Lipinski definition) is 1. The van der Waals surface area contributed by atoms with Crippen molar-refractivity contribution in [3.8, 4) is 0 Å². The Bertz CT molecular complexity index is 124. The molecule has 0 aliphatic rings. The maximum atomic E-state index is 11.6. The van der Waals surface area contributed by atoms with E-state index in [1.165, 1.54) is 0 Å². The summed E-state index contributed by atoms with van der Waals surface area (Å²) in [5.41, 5.74) is 0. The highest BCUT2D eigenvalue weighted by Gasteiger charge is 2.46. The minimum Gasteiger partial charge on any atom is -0.277 e. The number of alkyl halides is 6. The van der Waals surface area contributed by atoms with Crippen LogP contribution >= 0.6 is 0 Å². The quantitative estimate of drug-likeness (QED) is 0.596.